The van der Waals surface area contributed by atoms with E-state index in [1.54, 1.807) is 26.4 Å². The molecule has 2 N–H and O–H groups in total. The molecule has 0 aliphatic carbocycles. The fourth-order valence-corrected chi connectivity index (χ4v) is 4.02. The number of methoxy groups -OCH3 is 2. The Labute approximate surface area is 217 Å². The van der Waals surface area contributed by atoms with Gasteiger partial charge in [-0.1, -0.05) is 60.4 Å². The Morgan fingerprint density at radius 1 is 0.912 bits per heavy atom. The van der Waals surface area contributed by atoms with Crippen LogP contribution in [0.3, 0.4) is 0 Å². The minimum atomic E-state index is -0.397. The number of benzene rings is 3. The van der Waals surface area contributed by atoms with Crippen LogP contribution in [0, 0.1) is 6.92 Å². The first-order valence-electron chi connectivity index (χ1n) is 11.3. The first kappa shape index (κ1) is 29.5. The van der Waals surface area contributed by atoms with Crippen LogP contribution in [0.5, 0.6) is 11.5 Å². The van der Waals surface area contributed by atoms with Gasteiger partial charge in [-0.15, -0.1) is 0 Å². The average Bonchev–Trinajstić information content (AvgIpc) is 2.86. The van der Waals surface area contributed by atoms with Gasteiger partial charge in [0.15, 0.2) is 0 Å². The predicted octanol–water partition coefficient (Wildman–Crippen LogP) is 7.59. The lowest BCUT2D eigenvalue weighted by molar-refractivity contribution is 0.100. The number of primary amides is 1. The second-order valence-corrected chi connectivity index (χ2v) is 8.60. The number of halogens is 2. The molecule has 0 radical (unpaired) electrons. The van der Waals surface area contributed by atoms with Gasteiger partial charge in [0.05, 0.1) is 14.2 Å². The zero-order valence-corrected chi connectivity index (χ0v) is 23.2. The van der Waals surface area contributed by atoms with Crippen LogP contribution in [0.1, 0.15) is 53.4 Å². The van der Waals surface area contributed by atoms with E-state index in [-0.39, 0.29) is 0 Å². The minimum absolute atomic E-state index is 0.397. The number of rotatable bonds is 7. The van der Waals surface area contributed by atoms with Crippen molar-refractivity contribution in [3.05, 3.63) is 91.9 Å². The Bertz CT molecular complexity index is 997. The summed E-state index contributed by atoms with van der Waals surface area (Å²) in [4.78, 5) is 11.0. The summed E-state index contributed by atoms with van der Waals surface area (Å²) in [6.07, 6.45) is 2.79. The maximum atomic E-state index is 11.0. The maximum absolute atomic E-state index is 11.0. The smallest absolute Gasteiger partial charge is 0.248 e. The van der Waals surface area contributed by atoms with E-state index in [9.17, 15) is 4.79 Å². The molecule has 3 rings (SSSR count). The lowest BCUT2D eigenvalue weighted by Gasteiger charge is -2.09. The van der Waals surface area contributed by atoms with Crippen molar-refractivity contribution in [2.24, 2.45) is 5.73 Å². The van der Waals surface area contributed by atoms with E-state index in [2.05, 4.69) is 29.8 Å². The Kier molecular flexibility index (Phi) is 13.4. The summed E-state index contributed by atoms with van der Waals surface area (Å²) in [7, 11) is 3.32. The molecule has 0 saturated heterocycles. The molecule has 1 amide bonds. The highest BCUT2D eigenvalue weighted by Crippen LogP contribution is 2.26. The summed E-state index contributed by atoms with van der Waals surface area (Å²) in [5, 5.41) is 0.738. The molecular formula is C28H35BrClNO3. The van der Waals surface area contributed by atoms with Gasteiger partial charge in [0, 0.05) is 21.1 Å². The van der Waals surface area contributed by atoms with Gasteiger partial charge < -0.3 is 15.2 Å². The van der Waals surface area contributed by atoms with Crippen molar-refractivity contribution in [2.45, 2.75) is 47.0 Å². The zero-order valence-electron chi connectivity index (χ0n) is 20.9. The quantitative estimate of drug-likeness (QED) is 0.331. The molecule has 0 spiro atoms. The second-order valence-electron chi connectivity index (χ2n) is 7.31. The predicted molar refractivity (Wildman–Crippen MR) is 147 cm³/mol. The van der Waals surface area contributed by atoms with Crippen LogP contribution in [0.4, 0.5) is 0 Å². The molecule has 0 bridgehead atoms. The molecule has 0 aromatic heterocycles. The molecule has 184 valence electrons. The van der Waals surface area contributed by atoms with Crippen LogP contribution in [-0.2, 0) is 19.3 Å². The number of carbonyl (C=O) groups is 1. The molecule has 6 heteroatoms. The highest BCUT2D eigenvalue weighted by atomic mass is 79.9. The van der Waals surface area contributed by atoms with Gasteiger partial charge in [0.2, 0.25) is 5.91 Å². The van der Waals surface area contributed by atoms with Crippen molar-refractivity contribution in [1.82, 2.24) is 0 Å². The lowest BCUT2D eigenvalue weighted by Crippen LogP contribution is -2.10. The molecule has 34 heavy (non-hydrogen) atoms. The molecule has 0 aliphatic rings. The first-order valence-corrected chi connectivity index (χ1v) is 12.5. The molecule has 0 aliphatic heterocycles. The van der Waals surface area contributed by atoms with Crippen LogP contribution < -0.4 is 15.2 Å². The number of amides is 1. The summed E-state index contributed by atoms with van der Waals surface area (Å²) < 4.78 is 11.3. The van der Waals surface area contributed by atoms with E-state index in [1.807, 2.05) is 56.3 Å². The van der Waals surface area contributed by atoms with Gasteiger partial charge >= 0.3 is 0 Å². The van der Waals surface area contributed by atoms with Gasteiger partial charge in [-0.25, -0.2) is 0 Å². The van der Waals surface area contributed by atoms with E-state index >= 15 is 0 Å². The molecular weight excluding hydrogens is 514 g/mol. The molecule has 0 fully saturated rings. The van der Waals surface area contributed by atoms with Crippen molar-refractivity contribution in [3.63, 3.8) is 0 Å². The number of hydrogen-bond acceptors (Lipinski definition) is 3. The third-order valence-corrected chi connectivity index (χ3v) is 6.20. The highest BCUT2D eigenvalue weighted by molar-refractivity contribution is 9.10. The van der Waals surface area contributed by atoms with Crippen LogP contribution in [0.25, 0.3) is 0 Å². The molecule has 0 heterocycles. The number of ether oxygens (including phenoxy) is 2. The van der Waals surface area contributed by atoms with Crippen molar-refractivity contribution in [3.8, 4) is 11.5 Å². The minimum Gasteiger partial charge on any atom is -0.497 e. The zero-order chi connectivity index (χ0) is 25.7. The maximum Gasteiger partial charge on any atom is 0.248 e. The third kappa shape index (κ3) is 9.40. The van der Waals surface area contributed by atoms with Crippen molar-refractivity contribution < 1.29 is 14.3 Å². The van der Waals surface area contributed by atoms with Crippen molar-refractivity contribution in [1.29, 1.82) is 0 Å². The summed E-state index contributed by atoms with van der Waals surface area (Å²) >= 11 is 9.59. The van der Waals surface area contributed by atoms with E-state index in [0.29, 0.717) is 5.56 Å². The molecule has 0 saturated carbocycles. The number of aryl methyl sites for hydroxylation is 3. The molecule has 4 nitrogen and oxygen atoms in total. The van der Waals surface area contributed by atoms with Crippen LogP contribution in [0.2, 0.25) is 5.02 Å². The monoisotopic (exact) mass is 547 g/mol. The van der Waals surface area contributed by atoms with Gasteiger partial charge in [0.1, 0.15) is 11.5 Å². The Hall–Kier alpha value is -2.50. The Balaban J connectivity index is 0.000000353. The second kappa shape index (κ2) is 15.4. The van der Waals surface area contributed by atoms with Crippen LogP contribution in [-0.4, -0.2) is 20.1 Å². The number of hydrogen-bond donors (Lipinski definition) is 1. The Morgan fingerprint density at radius 3 is 1.94 bits per heavy atom. The van der Waals surface area contributed by atoms with Gasteiger partial charge in [0.25, 0.3) is 0 Å². The first-order chi connectivity index (χ1) is 16.3. The molecule has 0 atom stereocenters. The van der Waals surface area contributed by atoms with E-state index in [4.69, 9.17) is 26.8 Å². The number of carbonyl (C=O) groups excluding carboxylic acids is 1. The third-order valence-electron chi connectivity index (χ3n) is 5.16. The van der Waals surface area contributed by atoms with Gasteiger partial charge in [-0.05, 0) is 84.8 Å². The van der Waals surface area contributed by atoms with Crippen LogP contribution >= 0.6 is 27.5 Å². The normalized spacial score (nSPS) is 9.76. The summed E-state index contributed by atoms with van der Waals surface area (Å²) in [5.74, 6) is 1.31. The fraction of sp³-hybridized carbons (Fsp3) is 0.321. The molecule has 0 unspecified atom stereocenters. The van der Waals surface area contributed by atoms with E-state index in [0.717, 1.165) is 40.3 Å². The summed E-state index contributed by atoms with van der Waals surface area (Å²) in [6, 6.07) is 17.2. The van der Waals surface area contributed by atoms with E-state index < -0.39 is 5.91 Å². The summed E-state index contributed by atoms with van der Waals surface area (Å²) in [6.45, 7) is 8.18. The van der Waals surface area contributed by atoms with Crippen molar-refractivity contribution >= 4 is 33.4 Å². The average molecular weight is 549 g/mol. The lowest BCUT2D eigenvalue weighted by atomic mass is 10.00. The Morgan fingerprint density at radius 2 is 1.47 bits per heavy atom. The van der Waals surface area contributed by atoms with Gasteiger partial charge in [-0.3, -0.25) is 4.79 Å². The van der Waals surface area contributed by atoms with E-state index in [1.165, 1.54) is 22.3 Å². The van der Waals surface area contributed by atoms with Crippen LogP contribution in [0.15, 0.2) is 59.1 Å². The molecule has 3 aromatic carbocycles. The largest absolute Gasteiger partial charge is 0.497 e. The summed E-state index contributed by atoms with van der Waals surface area (Å²) in [5.41, 5.74) is 10.6. The fourth-order valence-electron chi connectivity index (χ4n) is 3.14. The number of nitrogens with two attached hydrogens (primary N) is 1. The SMILES string of the molecule is CC.CCc1cc(OC)cc(OC)c1.Cc1c(Br)cc(Cl)cc1CCc1ccc(C(N)=O)cc1. The highest BCUT2D eigenvalue weighted by Gasteiger charge is 2.06. The van der Waals surface area contributed by atoms with Gasteiger partial charge in [-0.2, -0.15) is 0 Å². The van der Waals surface area contributed by atoms with Crippen molar-refractivity contribution in [2.75, 3.05) is 14.2 Å². The molecule has 3 aromatic rings. The topological polar surface area (TPSA) is 61.6 Å². The standard InChI is InChI=1S/C16H15BrClNO.C10H14O2.C2H6/c1-10-13(8-14(18)9-15(10)17)7-4-11-2-5-12(6-3-11)16(19)20;1-4-8-5-9(11-2)7-10(6-8)12-3;1-2/h2-3,5-6,8-9H,4,7H2,1H3,(H2,19,20);5-7H,4H2,1-3H3;1-2H3.